The monoisotopic (exact) mass is 333 g/mol. The summed E-state index contributed by atoms with van der Waals surface area (Å²) in [5.74, 6) is -1.38. The number of hydrogen-bond acceptors (Lipinski definition) is 2. The van der Waals surface area contributed by atoms with E-state index in [0.29, 0.717) is 6.54 Å². The number of carboxylic acid groups (broad SMARTS) is 1. The average Bonchev–Trinajstić information content (AvgIpc) is 2.42. The van der Waals surface area contributed by atoms with E-state index in [-0.39, 0.29) is 0 Å². The Morgan fingerprint density at radius 3 is 2.55 bits per heavy atom. The molecule has 0 saturated heterocycles. The summed E-state index contributed by atoms with van der Waals surface area (Å²) in [6.45, 7) is 2.35. The summed E-state index contributed by atoms with van der Waals surface area (Å²) < 4.78 is 1.01. The number of aryl methyl sites for hydroxylation is 1. The van der Waals surface area contributed by atoms with E-state index in [0.717, 1.165) is 21.3 Å². The Labute approximate surface area is 126 Å². The van der Waals surface area contributed by atoms with Crippen molar-refractivity contribution in [2.45, 2.75) is 12.8 Å². The Morgan fingerprint density at radius 2 is 1.95 bits per heavy atom. The number of hydrogen-bond donors (Lipinski definition) is 2. The average molecular weight is 334 g/mol. The van der Waals surface area contributed by atoms with Gasteiger partial charge in [-0.15, -0.1) is 0 Å². The lowest BCUT2D eigenvalue weighted by atomic mass is 9.99. The molecule has 104 valence electrons. The molecule has 2 rings (SSSR count). The summed E-state index contributed by atoms with van der Waals surface area (Å²) in [6.07, 6.45) is 0. The third-order valence-corrected chi connectivity index (χ3v) is 3.68. The van der Waals surface area contributed by atoms with Gasteiger partial charge >= 0.3 is 5.97 Å². The van der Waals surface area contributed by atoms with Gasteiger partial charge in [0, 0.05) is 16.7 Å². The van der Waals surface area contributed by atoms with Gasteiger partial charge in [0.05, 0.1) is 5.92 Å². The third-order valence-electron chi connectivity index (χ3n) is 3.19. The Morgan fingerprint density at radius 1 is 1.25 bits per heavy atom. The number of rotatable bonds is 5. The van der Waals surface area contributed by atoms with Crippen molar-refractivity contribution in [1.29, 1.82) is 0 Å². The standard InChI is InChI=1S/C16H16BrNO2/c1-11-9-13(17)7-8-15(11)18-10-14(16(19)20)12-5-3-2-4-6-12/h2-9,14,18H,10H2,1H3,(H,19,20). The molecule has 0 amide bonds. The SMILES string of the molecule is Cc1cc(Br)ccc1NCC(C(=O)O)c1ccccc1. The minimum atomic E-state index is -0.821. The molecule has 4 heteroatoms. The van der Waals surface area contributed by atoms with Crippen LogP contribution in [-0.4, -0.2) is 17.6 Å². The molecule has 0 radical (unpaired) electrons. The number of carbonyl (C=O) groups is 1. The van der Waals surface area contributed by atoms with Crippen LogP contribution >= 0.6 is 15.9 Å². The van der Waals surface area contributed by atoms with Gasteiger partial charge in [-0.05, 0) is 36.2 Å². The Hall–Kier alpha value is -1.81. The highest BCUT2D eigenvalue weighted by atomic mass is 79.9. The molecule has 0 spiro atoms. The molecule has 2 N–H and O–H groups in total. The van der Waals surface area contributed by atoms with Crippen LogP contribution in [0.15, 0.2) is 53.0 Å². The van der Waals surface area contributed by atoms with Gasteiger partial charge in [0.15, 0.2) is 0 Å². The van der Waals surface area contributed by atoms with Crippen molar-refractivity contribution in [3.05, 3.63) is 64.1 Å². The van der Waals surface area contributed by atoms with Gasteiger partial charge in [-0.3, -0.25) is 4.79 Å². The fraction of sp³-hybridized carbons (Fsp3) is 0.188. The van der Waals surface area contributed by atoms with Gasteiger partial charge in [-0.1, -0.05) is 46.3 Å². The molecule has 0 fully saturated rings. The molecule has 20 heavy (non-hydrogen) atoms. The van der Waals surface area contributed by atoms with Crippen LogP contribution in [-0.2, 0) is 4.79 Å². The summed E-state index contributed by atoms with van der Waals surface area (Å²) >= 11 is 3.41. The molecule has 2 aromatic rings. The van der Waals surface area contributed by atoms with Crippen molar-refractivity contribution >= 4 is 27.6 Å². The Kier molecular flexibility index (Phi) is 4.79. The maximum absolute atomic E-state index is 11.4. The summed E-state index contributed by atoms with van der Waals surface area (Å²) in [5, 5.41) is 12.6. The van der Waals surface area contributed by atoms with Crippen LogP contribution in [0.2, 0.25) is 0 Å². The van der Waals surface area contributed by atoms with E-state index in [2.05, 4.69) is 21.2 Å². The van der Waals surface area contributed by atoms with Crippen LogP contribution in [0.25, 0.3) is 0 Å². The van der Waals surface area contributed by atoms with E-state index in [4.69, 9.17) is 0 Å². The first-order valence-corrected chi connectivity index (χ1v) is 7.15. The number of aliphatic carboxylic acids is 1. The highest BCUT2D eigenvalue weighted by Gasteiger charge is 2.19. The number of carboxylic acids is 1. The van der Waals surface area contributed by atoms with E-state index >= 15 is 0 Å². The molecule has 0 saturated carbocycles. The van der Waals surface area contributed by atoms with Crippen LogP contribution in [0.4, 0.5) is 5.69 Å². The van der Waals surface area contributed by atoms with E-state index in [1.54, 1.807) is 0 Å². The number of nitrogens with one attached hydrogen (secondary N) is 1. The third kappa shape index (κ3) is 3.61. The van der Waals surface area contributed by atoms with Crippen LogP contribution in [0.3, 0.4) is 0 Å². The van der Waals surface area contributed by atoms with Crippen molar-refractivity contribution in [2.24, 2.45) is 0 Å². The zero-order valence-corrected chi connectivity index (χ0v) is 12.7. The molecule has 2 aromatic carbocycles. The highest BCUT2D eigenvalue weighted by molar-refractivity contribution is 9.10. The van der Waals surface area contributed by atoms with E-state index < -0.39 is 11.9 Å². The lowest BCUT2D eigenvalue weighted by molar-refractivity contribution is -0.138. The van der Waals surface area contributed by atoms with E-state index in [1.807, 2.05) is 55.5 Å². The van der Waals surface area contributed by atoms with Crippen molar-refractivity contribution < 1.29 is 9.90 Å². The molecule has 0 aliphatic heterocycles. The predicted molar refractivity (Wildman–Crippen MR) is 84.2 cm³/mol. The minimum absolute atomic E-state index is 0.363. The van der Waals surface area contributed by atoms with Gasteiger partial charge in [0.25, 0.3) is 0 Å². The summed E-state index contributed by atoms with van der Waals surface area (Å²) in [7, 11) is 0. The molecule has 1 atom stereocenters. The maximum atomic E-state index is 11.4. The molecule has 0 heterocycles. The van der Waals surface area contributed by atoms with Gasteiger partial charge in [-0.25, -0.2) is 0 Å². The maximum Gasteiger partial charge on any atom is 0.312 e. The number of benzene rings is 2. The fourth-order valence-electron chi connectivity index (χ4n) is 2.07. The first-order chi connectivity index (χ1) is 9.58. The molecule has 0 aromatic heterocycles. The molecule has 0 aliphatic carbocycles. The van der Waals surface area contributed by atoms with Gasteiger partial charge in [-0.2, -0.15) is 0 Å². The molecule has 0 bridgehead atoms. The molecule has 0 aliphatic rings. The fourth-order valence-corrected chi connectivity index (χ4v) is 2.55. The topological polar surface area (TPSA) is 49.3 Å². The van der Waals surface area contributed by atoms with Crippen molar-refractivity contribution in [2.75, 3.05) is 11.9 Å². The first-order valence-electron chi connectivity index (χ1n) is 6.35. The van der Waals surface area contributed by atoms with Crippen LogP contribution in [0.5, 0.6) is 0 Å². The van der Waals surface area contributed by atoms with Gasteiger partial charge < -0.3 is 10.4 Å². The van der Waals surface area contributed by atoms with Crippen molar-refractivity contribution in [1.82, 2.24) is 0 Å². The second kappa shape index (κ2) is 6.57. The normalized spacial score (nSPS) is 11.9. The lowest BCUT2D eigenvalue weighted by Gasteiger charge is -2.16. The first kappa shape index (κ1) is 14.6. The minimum Gasteiger partial charge on any atom is -0.481 e. The van der Waals surface area contributed by atoms with Crippen molar-refractivity contribution in [3.63, 3.8) is 0 Å². The lowest BCUT2D eigenvalue weighted by Crippen LogP contribution is -2.21. The largest absolute Gasteiger partial charge is 0.481 e. The summed E-state index contributed by atoms with van der Waals surface area (Å²) in [4.78, 5) is 11.4. The van der Waals surface area contributed by atoms with E-state index in [9.17, 15) is 9.90 Å². The molecular formula is C16H16BrNO2. The quantitative estimate of drug-likeness (QED) is 0.868. The number of halogens is 1. The van der Waals surface area contributed by atoms with E-state index in [1.165, 1.54) is 0 Å². The zero-order valence-electron chi connectivity index (χ0n) is 11.1. The van der Waals surface area contributed by atoms with Crippen LogP contribution < -0.4 is 5.32 Å². The summed E-state index contributed by atoms with van der Waals surface area (Å²) in [6, 6.07) is 15.2. The zero-order chi connectivity index (χ0) is 14.5. The van der Waals surface area contributed by atoms with Gasteiger partial charge in [0.1, 0.15) is 0 Å². The second-order valence-corrected chi connectivity index (χ2v) is 5.56. The van der Waals surface area contributed by atoms with Crippen molar-refractivity contribution in [3.8, 4) is 0 Å². The van der Waals surface area contributed by atoms with Crippen LogP contribution in [0.1, 0.15) is 17.0 Å². The summed E-state index contributed by atoms with van der Waals surface area (Å²) in [5.41, 5.74) is 2.84. The second-order valence-electron chi connectivity index (χ2n) is 4.64. The molecule has 3 nitrogen and oxygen atoms in total. The molecule has 1 unspecified atom stereocenters. The number of anilines is 1. The Bertz CT molecular complexity index is 599. The Balaban J connectivity index is 2.12. The van der Waals surface area contributed by atoms with Gasteiger partial charge in [0.2, 0.25) is 0 Å². The predicted octanol–water partition coefficient (Wildman–Crippen LogP) is 4.04. The molecular weight excluding hydrogens is 318 g/mol. The smallest absolute Gasteiger partial charge is 0.312 e. The highest BCUT2D eigenvalue weighted by Crippen LogP contribution is 2.22. The van der Waals surface area contributed by atoms with Crippen LogP contribution in [0, 0.1) is 6.92 Å².